The fourth-order valence-corrected chi connectivity index (χ4v) is 2.81. The maximum absolute atomic E-state index is 12.3. The van der Waals surface area contributed by atoms with Gasteiger partial charge in [0.1, 0.15) is 5.56 Å². The first-order valence-electron chi connectivity index (χ1n) is 7.50. The second kappa shape index (κ2) is 6.05. The molecule has 22 heavy (non-hydrogen) atoms. The van der Waals surface area contributed by atoms with Gasteiger partial charge >= 0.3 is 0 Å². The maximum atomic E-state index is 12.3. The monoisotopic (exact) mass is 297 g/mol. The van der Waals surface area contributed by atoms with Crippen molar-refractivity contribution < 1.29 is 4.79 Å². The van der Waals surface area contributed by atoms with Gasteiger partial charge in [0.25, 0.3) is 11.5 Å². The lowest BCUT2D eigenvalue weighted by atomic mass is 10.1. The zero-order valence-corrected chi connectivity index (χ0v) is 12.6. The van der Waals surface area contributed by atoms with Gasteiger partial charge in [0, 0.05) is 30.7 Å². The number of carbonyl (C=O) groups is 1. The number of H-pyrrole nitrogens is 1. The lowest BCUT2D eigenvalue weighted by Crippen LogP contribution is -2.24. The van der Waals surface area contributed by atoms with Crippen molar-refractivity contribution in [2.45, 2.75) is 19.8 Å². The number of aryl methyl sites for hydroxylation is 1. The van der Waals surface area contributed by atoms with Crippen LogP contribution in [-0.4, -0.2) is 24.0 Å². The predicted octanol–water partition coefficient (Wildman–Crippen LogP) is 2.54. The Morgan fingerprint density at radius 1 is 1.23 bits per heavy atom. The van der Waals surface area contributed by atoms with Crippen LogP contribution in [0, 0.1) is 6.92 Å². The third-order valence-corrected chi connectivity index (χ3v) is 3.97. The minimum atomic E-state index is -0.377. The molecule has 1 aliphatic rings. The normalized spacial score (nSPS) is 14.1. The molecular weight excluding hydrogens is 278 g/mol. The Kier molecular flexibility index (Phi) is 3.96. The van der Waals surface area contributed by atoms with Crippen LogP contribution < -0.4 is 15.8 Å². The summed E-state index contributed by atoms with van der Waals surface area (Å²) >= 11 is 0. The number of rotatable bonds is 3. The smallest absolute Gasteiger partial charge is 0.261 e. The first kappa shape index (κ1) is 14.4. The number of aromatic nitrogens is 1. The highest BCUT2D eigenvalue weighted by molar-refractivity contribution is 6.05. The fraction of sp³-hybridized carbons (Fsp3) is 0.294. The van der Waals surface area contributed by atoms with Gasteiger partial charge in [-0.25, -0.2) is 0 Å². The number of anilines is 2. The number of nitrogens with zero attached hydrogens (tertiary/aromatic N) is 1. The number of aromatic amines is 1. The Labute approximate surface area is 129 Å². The molecule has 2 heterocycles. The Morgan fingerprint density at radius 2 is 2.00 bits per heavy atom. The van der Waals surface area contributed by atoms with E-state index in [-0.39, 0.29) is 17.0 Å². The van der Waals surface area contributed by atoms with Gasteiger partial charge in [-0.1, -0.05) is 6.07 Å². The average molecular weight is 297 g/mol. The van der Waals surface area contributed by atoms with Crippen LogP contribution in [0.5, 0.6) is 0 Å². The Hall–Kier alpha value is -2.56. The summed E-state index contributed by atoms with van der Waals surface area (Å²) in [7, 11) is 0. The van der Waals surface area contributed by atoms with Gasteiger partial charge in [-0.15, -0.1) is 0 Å². The van der Waals surface area contributed by atoms with Crippen molar-refractivity contribution in [1.82, 2.24) is 4.98 Å². The zero-order chi connectivity index (χ0) is 15.5. The van der Waals surface area contributed by atoms with Crippen LogP contribution in [0.2, 0.25) is 0 Å². The molecule has 0 aliphatic carbocycles. The molecule has 1 fully saturated rings. The van der Waals surface area contributed by atoms with E-state index in [4.69, 9.17) is 0 Å². The van der Waals surface area contributed by atoms with E-state index in [1.165, 1.54) is 12.8 Å². The second-order valence-corrected chi connectivity index (χ2v) is 5.56. The molecule has 3 rings (SSSR count). The summed E-state index contributed by atoms with van der Waals surface area (Å²) in [6, 6.07) is 9.48. The molecule has 2 aromatic rings. The largest absolute Gasteiger partial charge is 0.371 e. The quantitative estimate of drug-likeness (QED) is 0.915. The van der Waals surface area contributed by atoms with E-state index in [2.05, 4.69) is 15.2 Å². The number of hydrogen-bond acceptors (Lipinski definition) is 3. The van der Waals surface area contributed by atoms with Crippen LogP contribution in [0.25, 0.3) is 0 Å². The highest BCUT2D eigenvalue weighted by Crippen LogP contribution is 2.23. The van der Waals surface area contributed by atoms with Crippen LogP contribution >= 0.6 is 0 Å². The van der Waals surface area contributed by atoms with Crippen molar-refractivity contribution in [3.63, 3.8) is 0 Å². The van der Waals surface area contributed by atoms with Crippen molar-refractivity contribution in [3.8, 4) is 0 Å². The Balaban J connectivity index is 1.82. The van der Waals surface area contributed by atoms with E-state index in [0.717, 1.165) is 18.8 Å². The van der Waals surface area contributed by atoms with Gasteiger partial charge in [0.15, 0.2) is 0 Å². The SMILES string of the molecule is Cc1cc[nH]c(=O)c1C(=O)Nc1cccc(N2CCCC2)c1. The first-order valence-corrected chi connectivity index (χ1v) is 7.50. The van der Waals surface area contributed by atoms with Crippen LogP contribution in [-0.2, 0) is 0 Å². The van der Waals surface area contributed by atoms with E-state index >= 15 is 0 Å². The van der Waals surface area contributed by atoms with Gasteiger partial charge < -0.3 is 15.2 Å². The average Bonchev–Trinajstić information content (AvgIpc) is 3.01. The minimum absolute atomic E-state index is 0.161. The Bertz CT molecular complexity index is 746. The molecular formula is C17H19N3O2. The summed E-state index contributed by atoms with van der Waals surface area (Å²) in [4.78, 5) is 29.0. The topological polar surface area (TPSA) is 65.2 Å². The summed E-state index contributed by atoms with van der Waals surface area (Å²) in [6.07, 6.45) is 3.95. The maximum Gasteiger partial charge on any atom is 0.261 e. The molecule has 2 N–H and O–H groups in total. The highest BCUT2D eigenvalue weighted by atomic mass is 16.2. The molecule has 0 spiro atoms. The lowest BCUT2D eigenvalue weighted by molar-refractivity contribution is 0.102. The van der Waals surface area contributed by atoms with Gasteiger partial charge in [-0.3, -0.25) is 9.59 Å². The molecule has 5 nitrogen and oxygen atoms in total. The molecule has 0 saturated carbocycles. The summed E-state index contributed by atoms with van der Waals surface area (Å²) in [5.41, 5.74) is 2.27. The van der Waals surface area contributed by atoms with Gasteiger partial charge in [-0.05, 0) is 49.6 Å². The first-order chi connectivity index (χ1) is 10.6. The van der Waals surface area contributed by atoms with Crippen molar-refractivity contribution in [1.29, 1.82) is 0 Å². The lowest BCUT2D eigenvalue weighted by Gasteiger charge is -2.18. The molecule has 0 radical (unpaired) electrons. The number of hydrogen-bond donors (Lipinski definition) is 2. The number of amides is 1. The standard InChI is InChI=1S/C17H19N3O2/c1-12-7-8-18-16(21)15(12)17(22)19-13-5-4-6-14(11-13)20-9-2-3-10-20/h4-8,11H,2-3,9-10H2,1H3,(H,18,21)(H,19,22). The van der Waals surface area contributed by atoms with Crippen molar-refractivity contribution in [2.24, 2.45) is 0 Å². The number of nitrogens with one attached hydrogen (secondary N) is 2. The molecule has 1 saturated heterocycles. The summed E-state index contributed by atoms with van der Waals surface area (Å²) in [5, 5.41) is 2.82. The second-order valence-electron chi connectivity index (χ2n) is 5.56. The van der Waals surface area contributed by atoms with E-state index in [0.29, 0.717) is 11.3 Å². The summed E-state index contributed by atoms with van der Waals surface area (Å²) < 4.78 is 0. The van der Waals surface area contributed by atoms with Gasteiger partial charge in [-0.2, -0.15) is 0 Å². The summed E-state index contributed by atoms with van der Waals surface area (Å²) in [6.45, 7) is 3.86. The van der Waals surface area contributed by atoms with Crippen LogP contribution in [0.1, 0.15) is 28.8 Å². The molecule has 1 amide bonds. The predicted molar refractivity (Wildman–Crippen MR) is 87.6 cm³/mol. The zero-order valence-electron chi connectivity index (χ0n) is 12.6. The fourth-order valence-electron chi connectivity index (χ4n) is 2.81. The number of benzene rings is 1. The highest BCUT2D eigenvalue weighted by Gasteiger charge is 2.15. The van der Waals surface area contributed by atoms with E-state index in [1.807, 2.05) is 24.3 Å². The van der Waals surface area contributed by atoms with Crippen LogP contribution in [0.4, 0.5) is 11.4 Å². The summed E-state index contributed by atoms with van der Waals surface area (Å²) in [5.74, 6) is -0.377. The molecule has 1 aromatic carbocycles. The molecule has 5 heteroatoms. The molecule has 0 atom stereocenters. The molecule has 114 valence electrons. The third-order valence-electron chi connectivity index (χ3n) is 3.97. The molecule has 1 aromatic heterocycles. The number of carbonyl (C=O) groups excluding carboxylic acids is 1. The molecule has 0 unspecified atom stereocenters. The molecule has 1 aliphatic heterocycles. The third kappa shape index (κ3) is 2.88. The van der Waals surface area contributed by atoms with Crippen molar-refractivity contribution >= 4 is 17.3 Å². The Morgan fingerprint density at radius 3 is 2.73 bits per heavy atom. The van der Waals surface area contributed by atoms with Crippen LogP contribution in [0.15, 0.2) is 41.3 Å². The van der Waals surface area contributed by atoms with Crippen molar-refractivity contribution in [2.75, 3.05) is 23.3 Å². The van der Waals surface area contributed by atoms with E-state index in [1.54, 1.807) is 19.2 Å². The van der Waals surface area contributed by atoms with Crippen LogP contribution in [0.3, 0.4) is 0 Å². The minimum Gasteiger partial charge on any atom is -0.371 e. The molecule has 0 bridgehead atoms. The van der Waals surface area contributed by atoms with Crippen molar-refractivity contribution in [3.05, 3.63) is 58.0 Å². The van der Waals surface area contributed by atoms with Gasteiger partial charge in [0.05, 0.1) is 0 Å². The number of pyridine rings is 1. The van der Waals surface area contributed by atoms with E-state index < -0.39 is 0 Å². The van der Waals surface area contributed by atoms with Gasteiger partial charge in [0.2, 0.25) is 0 Å². The van der Waals surface area contributed by atoms with E-state index in [9.17, 15) is 9.59 Å².